The van der Waals surface area contributed by atoms with Crippen LogP contribution >= 0.6 is 22.6 Å². The Kier molecular flexibility index (Phi) is 5.78. The minimum absolute atomic E-state index is 0.677. The Bertz CT molecular complexity index is 200. The van der Waals surface area contributed by atoms with Gasteiger partial charge in [-0.1, -0.05) is 22.6 Å². The van der Waals surface area contributed by atoms with Crippen LogP contribution in [0, 0.1) is 0 Å². The van der Waals surface area contributed by atoms with E-state index in [1.54, 1.807) is 0 Å². The number of nitrogens with one attached hydrogen (secondary N) is 1. The molecule has 2 heterocycles. The van der Waals surface area contributed by atoms with E-state index < -0.39 is 0 Å². The van der Waals surface area contributed by atoms with Gasteiger partial charge < -0.3 is 10.1 Å². The molecule has 2 rings (SSSR count). The first-order chi connectivity index (χ1) is 7.86. The fourth-order valence-electron chi connectivity index (χ4n) is 2.29. The van der Waals surface area contributed by atoms with Crippen LogP contribution in [0.3, 0.4) is 0 Å². The van der Waals surface area contributed by atoms with Crippen molar-refractivity contribution < 1.29 is 4.74 Å². The molecule has 1 unspecified atom stereocenters. The Morgan fingerprint density at radius 2 is 2.00 bits per heavy atom. The zero-order valence-corrected chi connectivity index (χ0v) is 12.0. The molecule has 4 nitrogen and oxygen atoms in total. The average molecular weight is 339 g/mol. The molecular weight excluding hydrogens is 317 g/mol. The lowest BCUT2D eigenvalue weighted by Gasteiger charge is -2.33. The van der Waals surface area contributed by atoms with Crippen LogP contribution in [0.5, 0.6) is 0 Å². The highest BCUT2D eigenvalue weighted by Crippen LogP contribution is 2.11. The molecular formula is C11H22IN3O. The maximum atomic E-state index is 5.35. The summed E-state index contributed by atoms with van der Waals surface area (Å²) >= 11 is 2.54. The van der Waals surface area contributed by atoms with Gasteiger partial charge in [0.15, 0.2) is 0 Å². The molecule has 2 aliphatic rings. The normalized spacial score (nSPS) is 29.4. The molecule has 1 N–H and O–H groups in total. The molecule has 0 aromatic carbocycles. The van der Waals surface area contributed by atoms with E-state index in [4.69, 9.17) is 4.74 Å². The summed E-state index contributed by atoms with van der Waals surface area (Å²) in [6.45, 7) is 10.0. The second-order valence-corrected chi connectivity index (χ2v) is 5.92. The lowest BCUT2D eigenvalue weighted by Crippen LogP contribution is -2.49. The van der Waals surface area contributed by atoms with Gasteiger partial charge in [-0.3, -0.25) is 9.80 Å². The number of halogens is 1. The predicted octanol–water partition coefficient (Wildman–Crippen LogP) is 0.375. The maximum Gasteiger partial charge on any atom is 0.0745 e. The first-order valence-electron chi connectivity index (χ1n) is 6.25. The number of nitrogens with zero attached hydrogens (tertiary/aromatic N) is 2. The van der Waals surface area contributed by atoms with E-state index in [9.17, 15) is 0 Å². The van der Waals surface area contributed by atoms with Crippen LogP contribution in [-0.2, 0) is 4.74 Å². The highest BCUT2D eigenvalue weighted by Gasteiger charge is 2.18. The average Bonchev–Trinajstić information content (AvgIpc) is 2.33. The van der Waals surface area contributed by atoms with Gasteiger partial charge in [0.25, 0.3) is 0 Å². The fraction of sp³-hybridized carbons (Fsp3) is 1.00. The van der Waals surface area contributed by atoms with Crippen molar-refractivity contribution in [1.82, 2.24) is 15.1 Å². The summed E-state index contributed by atoms with van der Waals surface area (Å²) in [4.78, 5) is 5.12. The summed E-state index contributed by atoms with van der Waals surface area (Å²) in [7, 11) is 0. The number of alkyl halides is 1. The van der Waals surface area contributed by atoms with Crippen LogP contribution in [0.15, 0.2) is 0 Å². The topological polar surface area (TPSA) is 27.7 Å². The van der Waals surface area contributed by atoms with E-state index in [0.717, 1.165) is 39.4 Å². The Morgan fingerprint density at radius 3 is 2.75 bits per heavy atom. The Balaban J connectivity index is 1.59. The molecule has 1 atom stereocenters. The summed E-state index contributed by atoms with van der Waals surface area (Å²) < 4.78 is 6.03. The van der Waals surface area contributed by atoms with Gasteiger partial charge in [0.1, 0.15) is 0 Å². The van der Waals surface area contributed by atoms with Crippen molar-refractivity contribution in [3.63, 3.8) is 0 Å². The molecule has 2 saturated heterocycles. The first-order valence-corrected chi connectivity index (χ1v) is 7.50. The van der Waals surface area contributed by atoms with E-state index in [-0.39, 0.29) is 0 Å². The smallest absolute Gasteiger partial charge is 0.0745 e. The van der Waals surface area contributed by atoms with Gasteiger partial charge in [-0.15, -0.1) is 0 Å². The van der Waals surface area contributed by atoms with Crippen molar-refractivity contribution in [3.8, 4) is 0 Å². The number of hydrogen-bond donors (Lipinski definition) is 1. The van der Waals surface area contributed by atoms with Crippen molar-refractivity contribution in [3.05, 3.63) is 0 Å². The monoisotopic (exact) mass is 339 g/mol. The third-order valence-electron chi connectivity index (χ3n) is 3.31. The Morgan fingerprint density at radius 1 is 1.19 bits per heavy atom. The van der Waals surface area contributed by atoms with Gasteiger partial charge in [-0.05, 0) is 13.0 Å². The zero-order valence-electron chi connectivity index (χ0n) is 9.83. The van der Waals surface area contributed by atoms with E-state index in [1.807, 2.05) is 0 Å². The molecule has 0 spiro atoms. The van der Waals surface area contributed by atoms with Crippen LogP contribution in [0.4, 0.5) is 0 Å². The standard InChI is InChI=1S/C11H22IN3O/c12-11-10-13-2-5-15(11)4-1-3-14-6-8-16-9-7-14/h11,13H,1-10H2. The number of ether oxygens (including phenoxy) is 1. The lowest BCUT2D eigenvalue weighted by molar-refractivity contribution is 0.0358. The van der Waals surface area contributed by atoms with E-state index in [1.165, 1.54) is 26.1 Å². The van der Waals surface area contributed by atoms with Gasteiger partial charge in [-0.25, -0.2) is 0 Å². The van der Waals surface area contributed by atoms with Crippen molar-refractivity contribution in [2.75, 3.05) is 59.0 Å². The number of hydrogen-bond acceptors (Lipinski definition) is 4. The van der Waals surface area contributed by atoms with Crippen LogP contribution in [0.2, 0.25) is 0 Å². The molecule has 5 heteroatoms. The number of rotatable bonds is 4. The van der Waals surface area contributed by atoms with Crippen molar-refractivity contribution >= 4 is 22.6 Å². The molecule has 0 saturated carbocycles. The van der Waals surface area contributed by atoms with Gasteiger partial charge in [0, 0.05) is 39.3 Å². The van der Waals surface area contributed by atoms with Crippen LogP contribution in [0.25, 0.3) is 0 Å². The number of piperazine rings is 1. The third-order valence-corrected chi connectivity index (χ3v) is 4.54. The molecule has 0 bridgehead atoms. The maximum absolute atomic E-state index is 5.35. The summed E-state index contributed by atoms with van der Waals surface area (Å²) in [5.41, 5.74) is 0. The first kappa shape index (κ1) is 13.0. The molecule has 94 valence electrons. The van der Waals surface area contributed by atoms with Crippen molar-refractivity contribution in [1.29, 1.82) is 0 Å². The minimum atomic E-state index is 0.677. The molecule has 2 fully saturated rings. The summed E-state index contributed by atoms with van der Waals surface area (Å²) in [6, 6.07) is 0. The highest BCUT2D eigenvalue weighted by molar-refractivity contribution is 14.1. The van der Waals surface area contributed by atoms with Gasteiger partial charge in [0.05, 0.1) is 17.3 Å². The van der Waals surface area contributed by atoms with E-state index >= 15 is 0 Å². The quantitative estimate of drug-likeness (QED) is 0.455. The van der Waals surface area contributed by atoms with Crippen molar-refractivity contribution in [2.24, 2.45) is 0 Å². The second-order valence-electron chi connectivity index (χ2n) is 4.48. The molecule has 2 aliphatic heterocycles. The summed E-state index contributed by atoms with van der Waals surface area (Å²) in [5, 5.41) is 3.43. The van der Waals surface area contributed by atoms with Gasteiger partial charge in [-0.2, -0.15) is 0 Å². The second kappa shape index (κ2) is 7.10. The molecule has 0 amide bonds. The zero-order chi connectivity index (χ0) is 11.2. The van der Waals surface area contributed by atoms with Crippen LogP contribution in [-0.4, -0.2) is 72.9 Å². The van der Waals surface area contributed by atoms with E-state index in [0.29, 0.717) is 4.05 Å². The van der Waals surface area contributed by atoms with Gasteiger partial charge in [0.2, 0.25) is 0 Å². The SMILES string of the molecule is IC1CNCCN1CCCN1CCOCC1. The lowest BCUT2D eigenvalue weighted by atomic mass is 10.3. The van der Waals surface area contributed by atoms with E-state index in [2.05, 4.69) is 37.7 Å². The third kappa shape index (κ3) is 4.10. The molecule has 0 aromatic rings. The number of morpholine rings is 1. The molecule has 16 heavy (non-hydrogen) atoms. The Hall–Kier alpha value is 0.570. The molecule has 0 aromatic heterocycles. The van der Waals surface area contributed by atoms with Crippen LogP contribution < -0.4 is 5.32 Å². The van der Waals surface area contributed by atoms with Crippen LogP contribution in [0.1, 0.15) is 6.42 Å². The highest BCUT2D eigenvalue weighted by atomic mass is 127. The largest absolute Gasteiger partial charge is 0.379 e. The minimum Gasteiger partial charge on any atom is -0.379 e. The van der Waals surface area contributed by atoms with Gasteiger partial charge >= 0.3 is 0 Å². The summed E-state index contributed by atoms with van der Waals surface area (Å²) in [5.74, 6) is 0. The molecule has 0 radical (unpaired) electrons. The molecule has 0 aliphatic carbocycles. The summed E-state index contributed by atoms with van der Waals surface area (Å²) in [6.07, 6.45) is 1.29. The van der Waals surface area contributed by atoms with Crippen molar-refractivity contribution in [2.45, 2.75) is 10.5 Å². The fourth-order valence-corrected chi connectivity index (χ4v) is 3.16. The Labute approximate surface area is 112 Å². The predicted molar refractivity (Wildman–Crippen MR) is 74.1 cm³/mol.